The van der Waals surface area contributed by atoms with E-state index in [1.807, 2.05) is 54.6 Å². The maximum absolute atomic E-state index is 12.6. The van der Waals surface area contributed by atoms with Crippen molar-refractivity contribution in [1.29, 1.82) is 0 Å². The van der Waals surface area contributed by atoms with Gasteiger partial charge in [-0.3, -0.25) is 9.69 Å². The first-order chi connectivity index (χ1) is 13.1. The number of thioether (sulfide) groups is 1. The van der Waals surface area contributed by atoms with E-state index in [1.165, 1.54) is 11.8 Å². The fourth-order valence-electron chi connectivity index (χ4n) is 2.96. The van der Waals surface area contributed by atoms with E-state index in [0.717, 1.165) is 22.6 Å². The fourth-order valence-corrected chi connectivity index (χ4v) is 3.95. The largest absolute Gasteiger partial charge is 0.321 e. The van der Waals surface area contributed by atoms with E-state index in [2.05, 4.69) is 40.9 Å². The Kier molecular flexibility index (Phi) is 4.69. The number of aliphatic imine (C=N–C) groups is 1. The van der Waals surface area contributed by atoms with Crippen LogP contribution < -0.4 is 0 Å². The van der Waals surface area contributed by atoms with E-state index in [0.29, 0.717) is 10.1 Å². The Morgan fingerprint density at radius 3 is 2.37 bits per heavy atom. The zero-order valence-corrected chi connectivity index (χ0v) is 16.0. The highest BCUT2D eigenvalue weighted by molar-refractivity contribution is 8.18. The molecule has 0 saturated carbocycles. The Bertz CT molecular complexity index is 1040. The van der Waals surface area contributed by atoms with Crippen LogP contribution in [-0.4, -0.2) is 27.6 Å². The maximum Gasteiger partial charge on any atom is 0.266 e. The molecule has 1 aliphatic heterocycles. The molecule has 1 fully saturated rings. The molecule has 0 spiro atoms. The molecule has 2 aromatic carbocycles. The second-order valence-corrected chi connectivity index (χ2v) is 7.33. The summed E-state index contributed by atoms with van der Waals surface area (Å²) in [6.07, 6.45) is 3.99. The van der Waals surface area contributed by atoms with Crippen LogP contribution >= 0.6 is 11.8 Å². The number of rotatable bonds is 3. The number of hydrogen-bond donors (Lipinski definition) is 0. The second kappa shape index (κ2) is 7.29. The summed E-state index contributed by atoms with van der Waals surface area (Å²) in [4.78, 5) is 19.5. The Morgan fingerprint density at radius 2 is 1.67 bits per heavy atom. The van der Waals surface area contributed by atoms with Gasteiger partial charge in [-0.05, 0) is 60.7 Å². The van der Waals surface area contributed by atoms with Gasteiger partial charge < -0.3 is 4.57 Å². The van der Waals surface area contributed by atoms with Gasteiger partial charge >= 0.3 is 0 Å². The zero-order chi connectivity index (χ0) is 18.8. The van der Waals surface area contributed by atoms with E-state index in [-0.39, 0.29) is 5.91 Å². The predicted molar refractivity (Wildman–Crippen MR) is 112 cm³/mol. The number of carbonyl (C=O) groups excluding carboxylic acids is 1. The normalized spacial score (nSPS) is 17.3. The number of aryl methyl sites for hydroxylation is 1. The quantitative estimate of drug-likeness (QED) is 0.605. The van der Waals surface area contributed by atoms with Crippen molar-refractivity contribution in [2.45, 2.75) is 6.92 Å². The molecule has 27 heavy (non-hydrogen) atoms. The Labute approximate surface area is 162 Å². The smallest absolute Gasteiger partial charge is 0.266 e. The highest BCUT2D eigenvalue weighted by atomic mass is 32.2. The average Bonchev–Trinajstić information content (AvgIpc) is 3.18. The fraction of sp³-hybridized carbons (Fsp3) is 0.0909. The lowest BCUT2D eigenvalue weighted by Crippen LogP contribution is -2.23. The molecular weight excluding hydrogens is 354 g/mol. The van der Waals surface area contributed by atoms with Crippen LogP contribution in [0.1, 0.15) is 11.3 Å². The third-order valence-corrected chi connectivity index (χ3v) is 5.41. The van der Waals surface area contributed by atoms with E-state index >= 15 is 0 Å². The van der Waals surface area contributed by atoms with Gasteiger partial charge in [-0.15, -0.1) is 0 Å². The van der Waals surface area contributed by atoms with Gasteiger partial charge in [0.05, 0.1) is 10.6 Å². The third kappa shape index (κ3) is 3.59. The molecule has 0 unspecified atom stereocenters. The molecule has 134 valence electrons. The first kappa shape index (κ1) is 17.4. The summed E-state index contributed by atoms with van der Waals surface area (Å²) >= 11 is 1.41. The van der Waals surface area contributed by atoms with Gasteiger partial charge in [0.2, 0.25) is 0 Å². The van der Waals surface area contributed by atoms with Crippen LogP contribution in [-0.2, 0) is 4.79 Å². The summed E-state index contributed by atoms with van der Waals surface area (Å²) in [5.74, 6) is -0.0280. The van der Waals surface area contributed by atoms with E-state index in [4.69, 9.17) is 0 Å². The van der Waals surface area contributed by atoms with Crippen molar-refractivity contribution in [3.8, 4) is 5.69 Å². The summed E-state index contributed by atoms with van der Waals surface area (Å²) in [5.41, 5.74) is 4.07. The van der Waals surface area contributed by atoms with Crippen LogP contribution in [0.4, 0.5) is 5.69 Å². The lowest BCUT2D eigenvalue weighted by molar-refractivity contribution is -0.121. The van der Waals surface area contributed by atoms with E-state index < -0.39 is 0 Å². The maximum atomic E-state index is 12.6. The number of amides is 1. The Hall–Kier alpha value is -3.05. The van der Waals surface area contributed by atoms with Crippen molar-refractivity contribution < 1.29 is 4.79 Å². The molecule has 1 aliphatic rings. The lowest BCUT2D eigenvalue weighted by Gasteiger charge is -2.06. The first-order valence-electron chi connectivity index (χ1n) is 8.67. The molecule has 1 aromatic heterocycles. The molecule has 1 saturated heterocycles. The lowest BCUT2D eigenvalue weighted by atomic mass is 10.3. The Morgan fingerprint density at radius 1 is 1.00 bits per heavy atom. The van der Waals surface area contributed by atoms with Crippen LogP contribution in [0, 0.1) is 6.92 Å². The van der Waals surface area contributed by atoms with Crippen molar-refractivity contribution in [3.05, 3.63) is 89.1 Å². The number of amidine groups is 1. The van der Waals surface area contributed by atoms with Gasteiger partial charge in [0, 0.05) is 24.6 Å². The summed E-state index contributed by atoms with van der Waals surface area (Å²) in [6, 6.07) is 21.9. The summed E-state index contributed by atoms with van der Waals surface area (Å²) in [6.45, 7) is 2.06. The minimum absolute atomic E-state index is 0.0280. The number of carbonyl (C=O) groups is 1. The molecule has 1 amide bonds. The molecule has 4 rings (SSSR count). The van der Waals surface area contributed by atoms with Crippen molar-refractivity contribution in [3.63, 3.8) is 0 Å². The number of para-hydroxylation sites is 2. The summed E-state index contributed by atoms with van der Waals surface area (Å²) in [5, 5.41) is 0.691. The highest BCUT2D eigenvalue weighted by Gasteiger charge is 2.30. The van der Waals surface area contributed by atoms with Gasteiger partial charge in [-0.1, -0.05) is 36.4 Å². The van der Waals surface area contributed by atoms with Crippen molar-refractivity contribution in [2.24, 2.45) is 4.99 Å². The molecule has 5 heteroatoms. The van der Waals surface area contributed by atoms with E-state index in [9.17, 15) is 4.79 Å². The molecule has 3 aromatic rings. The number of likely N-dealkylation sites (N-methyl/N-ethyl adjacent to an activating group) is 1. The van der Waals surface area contributed by atoms with Gasteiger partial charge in [0.1, 0.15) is 0 Å². The van der Waals surface area contributed by atoms with Crippen LogP contribution in [0.3, 0.4) is 0 Å². The third-order valence-electron chi connectivity index (χ3n) is 4.35. The molecule has 2 heterocycles. The molecule has 0 bridgehead atoms. The van der Waals surface area contributed by atoms with Gasteiger partial charge in [-0.2, -0.15) is 0 Å². The first-order valence-corrected chi connectivity index (χ1v) is 9.49. The van der Waals surface area contributed by atoms with E-state index in [1.54, 1.807) is 11.9 Å². The van der Waals surface area contributed by atoms with Crippen LogP contribution in [0.5, 0.6) is 0 Å². The van der Waals surface area contributed by atoms with Gasteiger partial charge in [0.15, 0.2) is 5.17 Å². The molecule has 0 aliphatic carbocycles. The number of hydrogen-bond acceptors (Lipinski definition) is 3. The van der Waals surface area contributed by atoms with Crippen molar-refractivity contribution >= 4 is 34.6 Å². The molecule has 0 radical (unpaired) electrons. The molecule has 0 N–H and O–H groups in total. The minimum Gasteiger partial charge on any atom is -0.321 e. The average molecular weight is 373 g/mol. The summed E-state index contributed by atoms with van der Waals surface area (Å²) < 4.78 is 2.12. The summed E-state index contributed by atoms with van der Waals surface area (Å²) in [7, 11) is 1.76. The molecule has 0 atom stereocenters. The predicted octanol–water partition coefficient (Wildman–Crippen LogP) is 5.02. The molecule has 4 nitrogen and oxygen atoms in total. The standard InChI is InChI=1S/C22H19N3OS/c1-16-13-17(15-25(16)19-11-7-4-8-12-19)14-20-21(26)24(2)22(27-20)23-18-9-5-3-6-10-18/h3-15H,1-2H3/b20-14+,23-22?. The zero-order valence-electron chi connectivity index (χ0n) is 15.2. The van der Waals surface area contributed by atoms with Crippen molar-refractivity contribution in [1.82, 2.24) is 9.47 Å². The SMILES string of the molecule is Cc1cc(/C=C2/SC(=Nc3ccccc3)N(C)C2=O)cn1-c1ccccc1. The number of nitrogens with zero attached hydrogens (tertiary/aromatic N) is 3. The minimum atomic E-state index is -0.0280. The second-order valence-electron chi connectivity index (χ2n) is 6.33. The number of benzene rings is 2. The van der Waals surface area contributed by atoms with Crippen LogP contribution in [0.15, 0.2) is 82.8 Å². The monoisotopic (exact) mass is 373 g/mol. The van der Waals surface area contributed by atoms with Crippen molar-refractivity contribution in [2.75, 3.05) is 7.05 Å². The van der Waals surface area contributed by atoms with Crippen LogP contribution in [0.2, 0.25) is 0 Å². The molecular formula is C22H19N3OS. The highest BCUT2D eigenvalue weighted by Crippen LogP contribution is 2.33. The van der Waals surface area contributed by atoms with Crippen LogP contribution in [0.25, 0.3) is 11.8 Å². The van der Waals surface area contributed by atoms with Gasteiger partial charge in [-0.25, -0.2) is 4.99 Å². The topological polar surface area (TPSA) is 37.6 Å². The van der Waals surface area contributed by atoms with Gasteiger partial charge in [0.25, 0.3) is 5.91 Å². The number of aromatic nitrogens is 1. The Balaban J connectivity index is 1.63.